The number of Topliss-reactive ketones (excluding diaryl/α,β-unsaturated/α-hetero) is 1. The van der Waals surface area contributed by atoms with Gasteiger partial charge >= 0.3 is 0 Å². The number of benzene rings is 1. The Morgan fingerprint density at radius 1 is 1.60 bits per heavy atom. The number of nitrogens with zero attached hydrogens (tertiary/aromatic N) is 1. The number of carbonyl (C=O) groups excluding carboxylic acids is 1. The molecule has 0 spiro atoms. The zero-order valence-electron chi connectivity index (χ0n) is 7.99. The summed E-state index contributed by atoms with van der Waals surface area (Å²) < 4.78 is 0. The summed E-state index contributed by atoms with van der Waals surface area (Å²) in [4.78, 5) is 21.3. The molecule has 2 N–H and O–H groups in total. The second-order valence-electron chi connectivity index (χ2n) is 3.02. The molecular weight excluding hydrogens is 220 g/mol. The molecule has 0 saturated carbocycles. The smallest absolute Gasteiger partial charge is 0.272 e. The van der Waals surface area contributed by atoms with E-state index in [9.17, 15) is 14.9 Å². The van der Waals surface area contributed by atoms with Crippen LogP contribution < -0.4 is 5.73 Å². The van der Waals surface area contributed by atoms with Crippen LogP contribution in [0.2, 0.25) is 0 Å². The van der Waals surface area contributed by atoms with Gasteiger partial charge in [-0.25, -0.2) is 0 Å². The van der Waals surface area contributed by atoms with Crippen molar-refractivity contribution in [3.8, 4) is 0 Å². The number of halogens is 1. The van der Waals surface area contributed by atoms with Crippen LogP contribution in [0.3, 0.4) is 0 Å². The van der Waals surface area contributed by atoms with E-state index in [1.807, 2.05) is 0 Å². The van der Waals surface area contributed by atoms with Gasteiger partial charge < -0.3 is 5.73 Å². The van der Waals surface area contributed by atoms with Crippen molar-refractivity contribution in [1.82, 2.24) is 0 Å². The summed E-state index contributed by atoms with van der Waals surface area (Å²) in [5.74, 6) is -0.592. The van der Waals surface area contributed by atoms with Crippen LogP contribution in [0.25, 0.3) is 0 Å². The summed E-state index contributed by atoms with van der Waals surface area (Å²) in [7, 11) is 0. The minimum atomic E-state index is -0.596. The summed E-state index contributed by atoms with van der Waals surface area (Å²) in [5, 5.41) is 10.5. The van der Waals surface area contributed by atoms with Crippen LogP contribution in [0.5, 0.6) is 0 Å². The van der Waals surface area contributed by atoms with Crippen LogP contribution in [0.15, 0.2) is 12.1 Å². The molecule has 0 fully saturated rings. The molecule has 0 radical (unpaired) electrons. The van der Waals surface area contributed by atoms with E-state index in [1.165, 1.54) is 12.1 Å². The maximum absolute atomic E-state index is 11.4. The average molecular weight is 229 g/mol. The summed E-state index contributed by atoms with van der Waals surface area (Å²) in [6.07, 6.45) is 0. The van der Waals surface area contributed by atoms with Crippen LogP contribution in [0.4, 0.5) is 11.4 Å². The number of rotatable bonds is 3. The highest BCUT2D eigenvalue weighted by Gasteiger charge is 2.16. The summed E-state index contributed by atoms with van der Waals surface area (Å²) in [6, 6.07) is 2.41. The molecule has 0 atom stereocenters. The molecule has 6 heteroatoms. The van der Waals surface area contributed by atoms with Crippen LogP contribution in [-0.4, -0.2) is 16.6 Å². The quantitative estimate of drug-likeness (QED) is 0.281. The van der Waals surface area contributed by atoms with Gasteiger partial charge in [-0.2, -0.15) is 0 Å². The lowest BCUT2D eigenvalue weighted by molar-refractivity contribution is -0.384. The fraction of sp³-hybridized carbons (Fsp3) is 0.222. The molecule has 0 aliphatic carbocycles. The molecule has 15 heavy (non-hydrogen) atoms. The lowest BCUT2D eigenvalue weighted by Crippen LogP contribution is -2.06. The highest BCUT2D eigenvalue weighted by Crippen LogP contribution is 2.24. The third-order valence-electron chi connectivity index (χ3n) is 2.07. The maximum Gasteiger partial charge on any atom is 0.272 e. The van der Waals surface area contributed by atoms with Crippen LogP contribution in [0.1, 0.15) is 15.9 Å². The van der Waals surface area contributed by atoms with E-state index in [4.69, 9.17) is 17.3 Å². The molecule has 5 nitrogen and oxygen atoms in total. The molecule has 0 aliphatic heterocycles. The van der Waals surface area contributed by atoms with E-state index in [1.54, 1.807) is 6.92 Å². The van der Waals surface area contributed by atoms with E-state index in [-0.39, 0.29) is 28.6 Å². The monoisotopic (exact) mass is 228 g/mol. The molecule has 0 amide bonds. The normalized spacial score (nSPS) is 10.0. The van der Waals surface area contributed by atoms with E-state index in [0.29, 0.717) is 5.56 Å². The van der Waals surface area contributed by atoms with E-state index >= 15 is 0 Å². The Kier molecular flexibility index (Phi) is 3.26. The number of alkyl halides is 1. The largest absolute Gasteiger partial charge is 0.398 e. The highest BCUT2D eigenvalue weighted by molar-refractivity contribution is 6.30. The lowest BCUT2D eigenvalue weighted by Gasteiger charge is -2.05. The number of hydrogen-bond acceptors (Lipinski definition) is 4. The predicted octanol–water partition coefficient (Wildman–Crippen LogP) is 1.91. The van der Waals surface area contributed by atoms with Crippen molar-refractivity contribution >= 4 is 28.8 Å². The van der Waals surface area contributed by atoms with E-state index < -0.39 is 4.92 Å². The van der Waals surface area contributed by atoms with E-state index in [2.05, 4.69) is 0 Å². The third kappa shape index (κ3) is 2.24. The van der Waals surface area contributed by atoms with Gasteiger partial charge in [-0.3, -0.25) is 14.9 Å². The predicted molar refractivity (Wildman–Crippen MR) is 57.3 cm³/mol. The Hall–Kier alpha value is -1.62. The molecule has 0 saturated heterocycles. The number of ketones is 1. The van der Waals surface area contributed by atoms with Crippen molar-refractivity contribution in [2.24, 2.45) is 0 Å². The fourth-order valence-corrected chi connectivity index (χ4v) is 1.33. The SMILES string of the molecule is Cc1c(N)cc([N+](=O)[O-])cc1C(=O)CCl. The summed E-state index contributed by atoms with van der Waals surface area (Å²) in [6.45, 7) is 1.62. The average Bonchev–Trinajstić information content (AvgIpc) is 2.20. The Balaban J connectivity index is 3.37. The van der Waals surface area contributed by atoms with Gasteiger partial charge in [0.15, 0.2) is 5.78 Å². The summed E-state index contributed by atoms with van der Waals surface area (Å²) in [5.41, 5.74) is 6.29. The van der Waals surface area contributed by atoms with E-state index in [0.717, 1.165) is 0 Å². The molecule has 0 aliphatic rings. The van der Waals surface area contributed by atoms with Gasteiger partial charge in [0.25, 0.3) is 5.69 Å². The van der Waals surface area contributed by atoms with Crippen molar-refractivity contribution in [2.75, 3.05) is 11.6 Å². The van der Waals surface area contributed by atoms with Gasteiger partial charge in [0.05, 0.1) is 10.8 Å². The number of nitro groups is 1. The number of non-ortho nitro benzene ring substituents is 1. The number of carbonyl (C=O) groups is 1. The first-order valence-electron chi connectivity index (χ1n) is 4.11. The highest BCUT2D eigenvalue weighted by atomic mass is 35.5. The molecule has 1 aromatic rings. The number of hydrogen-bond donors (Lipinski definition) is 1. The molecule has 1 rings (SSSR count). The topological polar surface area (TPSA) is 86.2 Å². The fourth-order valence-electron chi connectivity index (χ4n) is 1.19. The molecule has 0 aromatic heterocycles. The Bertz CT molecular complexity index is 432. The molecular formula is C9H9ClN2O3. The first kappa shape index (κ1) is 11.5. The first-order valence-corrected chi connectivity index (χ1v) is 4.64. The number of anilines is 1. The van der Waals surface area contributed by atoms with Crippen molar-refractivity contribution in [2.45, 2.75) is 6.92 Å². The molecule has 0 bridgehead atoms. The maximum atomic E-state index is 11.4. The number of nitro benzene ring substituents is 1. The zero-order chi connectivity index (χ0) is 11.6. The van der Waals surface area contributed by atoms with Crippen LogP contribution in [0, 0.1) is 17.0 Å². The molecule has 80 valence electrons. The third-order valence-corrected chi connectivity index (χ3v) is 2.31. The Labute approximate surface area is 91.0 Å². The zero-order valence-corrected chi connectivity index (χ0v) is 8.75. The van der Waals surface area contributed by atoms with Crippen LogP contribution in [-0.2, 0) is 0 Å². The van der Waals surface area contributed by atoms with Crippen molar-refractivity contribution in [1.29, 1.82) is 0 Å². The van der Waals surface area contributed by atoms with Gasteiger partial charge in [0.2, 0.25) is 0 Å². The van der Waals surface area contributed by atoms with Crippen molar-refractivity contribution in [3.05, 3.63) is 33.4 Å². The van der Waals surface area contributed by atoms with Crippen LogP contribution >= 0.6 is 11.6 Å². The minimum absolute atomic E-state index is 0.202. The van der Waals surface area contributed by atoms with Gasteiger partial charge in [0.1, 0.15) is 0 Å². The lowest BCUT2D eigenvalue weighted by atomic mass is 10.0. The first-order chi connectivity index (χ1) is 6.97. The Morgan fingerprint density at radius 3 is 2.67 bits per heavy atom. The number of nitrogen functional groups attached to an aromatic ring is 1. The van der Waals surface area contributed by atoms with Crippen molar-refractivity contribution in [3.63, 3.8) is 0 Å². The van der Waals surface area contributed by atoms with Gasteiger partial charge in [0, 0.05) is 23.4 Å². The molecule has 0 unspecified atom stereocenters. The minimum Gasteiger partial charge on any atom is -0.398 e. The summed E-state index contributed by atoms with van der Waals surface area (Å²) >= 11 is 5.38. The van der Waals surface area contributed by atoms with Gasteiger partial charge in [-0.1, -0.05) is 0 Å². The molecule has 1 aromatic carbocycles. The van der Waals surface area contributed by atoms with Crippen molar-refractivity contribution < 1.29 is 9.72 Å². The standard InChI is InChI=1S/C9H9ClN2O3/c1-5-7(9(13)4-10)2-6(12(14)15)3-8(5)11/h2-3H,4,11H2,1H3. The second kappa shape index (κ2) is 4.27. The molecule has 0 heterocycles. The van der Waals surface area contributed by atoms with Gasteiger partial charge in [-0.15, -0.1) is 11.6 Å². The van der Waals surface area contributed by atoms with Gasteiger partial charge in [-0.05, 0) is 12.5 Å². The Morgan fingerprint density at radius 2 is 2.20 bits per heavy atom. The second-order valence-corrected chi connectivity index (χ2v) is 3.29. The number of nitrogens with two attached hydrogens (primary N) is 1.